The van der Waals surface area contributed by atoms with Crippen molar-refractivity contribution in [3.8, 4) is 0 Å². The fraction of sp³-hybridized carbons (Fsp3) is 0.350. The van der Waals surface area contributed by atoms with Crippen LogP contribution in [0.1, 0.15) is 24.1 Å². The van der Waals surface area contributed by atoms with Gasteiger partial charge in [0.2, 0.25) is 5.91 Å². The van der Waals surface area contributed by atoms with E-state index in [-0.39, 0.29) is 5.91 Å². The van der Waals surface area contributed by atoms with Crippen molar-refractivity contribution in [3.63, 3.8) is 0 Å². The molecule has 2 amide bonds. The van der Waals surface area contributed by atoms with Gasteiger partial charge in [-0.05, 0) is 30.5 Å². The summed E-state index contributed by atoms with van der Waals surface area (Å²) in [5.41, 5.74) is 1.19. The number of hydrogen-bond acceptors (Lipinski definition) is 3. The Balaban J connectivity index is 1.71. The van der Waals surface area contributed by atoms with Gasteiger partial charge < -0.3 is 15.3 Å². The molecular formula is C20H23N3O3. The normalized spacial score (nSPS) is 16.1. The summed E-state index contributed by atoms with van der Waals surface area (Å²) in [5.74, 6) is -0.0373. The number of piperidine rings is 1. The monoisotopic (exact) mass is 353 g/mol. The van der Waals surface area contributed by atoms with Gasteiger partial charge in [0.05, 0.1) is 5.41 Å². The predicted octanol–water partition coefficient (Wildman–Crippen LogP) is 2.45. The molecule has 6 heteroatoms. The van der Waals surface area contributed by atoms with Gasteiger partial charge in [0.1, 0.15) is 0 Å². The van der Waals surface area contributed by atoms with Crippen LogP contribution >= 0.6 is 0 Å². The average Bonchev–Trinajstić information content (AvgIpc) is 2.69. The van der Waals surface area contributed by atoms with Crippen LogP contribution in [0.15, 0.2) is 54.7 Å². The first-order chi connectivity index (χ1) is 12.6. The molecule has 2 heterocycles. The van der Waals surface area contributed by atoms with E-state index in [0.717, 1.165) is 11.3 Å². The van der Waals surface area contributed by atoms with Crippen LogP contribution in [-0.2, 0) is 16.6 Å². The summed E-state index contributed by atoms with van der Waals surface area (Å²) in [6.07, 6.45) is 2.45. The molecule has 2 aromatic rings. The zero-order valence-electron chi connectivity index (χ0n) is 14.6. The fourth-order valence-electron chi connectivity index (χ4n) is 3.50. The number of carbonyl (C=O) groups is 2. The van der Waals surface area contributed by atoms with Crippen LogP contribution in [0.5, 0.6) is 0 Å². The van der Waals surface area contributed by atoms with E-state index in [2.05, 4.69) is 10.3 Å². The van der Waals surface area contributed by atoms with Crippen LogP contribution in [0.25, 0.3) is 0 Å². The number of rotatable bonds is 5. The molecule has 1 aliphatic rings. The van der Waals surface area contributed by atoms with Crippen LogP contribution in [-0.4, -0.2) is 46.6 Å². The minimum atomic E-state index is -0.928. The lowest BCUT2D eigenvalue weighted by molar-refractivity contribution is -0.128. The van der Waals surface area contributed by atoms with Gasteiger partial charge in [-0.25, -0.2) is 4.79 Å². The highest BCUT2D eigenvalue weighted by molar-refractivity contribution is 5.88. The molecule has 2 N–H and O–H groups in total. The van der Waals surface area contributed by atoms with Crippen molar-refractivity contribution in [2.75, 3.05) is 19.6 Å². The van der Waals surface area contributed by atoms with E-state index in [4.69, 9.17) is 0 Å². The zero-order chi connectivity index (χ0) is 18.4. The summed E-state index contributed by atoms with van der Waals surface area (Å²) in [6.45, 7) is 1.23. The molecule has 0 unspecified atom stereocenters. The molecule has 0 aliphatic carbocycles. The summed E-state index contributed by atoms with van der Waals surface area (Å²) < 4.78 is 0. The summed E-state index contributed by atoms with van der Waals surface area (Å²) in [6, 6.07) is 15.4. The molecule has 0 saturated carbocycles. The Bertz CT molecular complexity index is 741. The Morgan fingerprint density at radius 1 is 1.08 bits per heavy atom. The Hall–Kier alpha value is -2.89. The van der Waals surface area contributed by atoms with E-state index < -0.39 is 11.5 Å². The third-order valence-electron chi connectivity index (χ3n) is 5.04. The van der Waals surface area contributed by atoms with Gasteiger partial charge in [0, 0.05) is 37.9 Å². The van der Waals surface area contributed by atoms with E-state index in [1.807, 2.05) is 48.5 Å². The minimum Gasteiger partial charge on any atom is -0.465 e. The minimum absolute atomic E-state index is 0.0373. The van der Waals surface area contributed by atoms with Crippen molar-refractivity contribution in [1.82, 2.24) is 15.2 Å². The third kappa shape index (κ3) is 3.85. The highest BCUT2D eigenvalue weighted by atomic mass is 16.4. The van der Waals surface area contributed by atoms with Crippen molar-refractivity contribution in [2.24, 2.45) is 0 Å². The second kappa shape index (κ2) is 7.99. The van der Waals surface area contributed by atoms with Crippen molar-refractivity contribution in [3.05, 3.63) is 66.0 Å². The lowest BCUT2D eigenvalue weighted by atomic mass is 9.72. The zero-order valence-corrected chi connectivity index (χ0v) is 14.6. The van der Waals surface area contributed by atoms with Crippen molar-refractivity contribution in [2.45, 2.75) is 24.7 Å². The Morgan fingerprint density at radius 2 is 1.77 bits per heavy atom. The largest absolute Gasteiger partial charge is 0.465 e. The molecule has 136 valence electrons. The van der Waals surface area contributed by atoms with Crippen LogP contribution in [0, 0.1) is 0 Å². The SMILES string of the molecule is O=C(O)N1CCC(C(=O)NCCc2ccccn2)(c2ccccc2)CC1. The molecule has 1 aliphatic heterocycles. The summed E-state index contributed by atoms with van der Waals surface area (Å²) in [7, 11) is 0. The highest BCUT2D eigenvalue weighted by Crippen LogP contribution is 2.36. The second-order valence-corrected chi connectivity index (χ2v) is 6.54. The van der Waals surface area contributed by atoms with Gasteiger partial charge in [0.25, 0.3) is 0 Å². The lowest BCUT2D eigenvalue weighted by Gasteiger charge is -2.40. The number of aromatic nitrogens is 1. The maximum absolute atomic E-state index is 13.1. The third-order valence-corrected chi connectivity index (χ3v) is 5.04. The number of carbonyl (C=O) groups excluding carboxylic acids is 1. The number of nitrogens with zero attached hydrogens (tertiary/aromatic N) is 2. The van der Waals surface area contributed by atoms with Gasteiger partial charge >= 0.3 is 6.09 Å². The van der Waals surface area contributed by atoms with Crippen LogP contribution in [0.2, 0.25) is 0 Å². The second-order valence-electron chi connectivity index (χ2n) is 6.54. The Morgan fingerprint density at radius 3 is 2.38 bits per heavy atom. The highest BCUT2D eigenvalue weighted by Gasteiger charge is 2.43. The van der Waals surface area contributed by atoms with Crippen LogP contribution in [0.3, 0.4) is 0 Å². The molecule has 0 bridgehead atoms. The lowest BCUT2D eigenvalue weighted by Crippen LogP contribution is -2.52. The number of amides is 2. The number of carboxylic acid groups (broad SMARTS) is 1. The topological polar surface area (TPSA) is 82.5 Å². The van der Waals surface area contributed by atoms with Gasteiger partial charge in [-0.1, -0.05) is 36.4 Å². The Kier molecular flexibility index (Phi) is 5.51. The van der Waals surface area contributed by atoms with Crippen molar-refractivity contribution in [1.29, 1.82) is 0 Å². The van der Waals surface area contributed by atoms with Crippen LogP contribution in [0.4, 0.5) is 4.79 Å². The van der Waals surface area contributed by atoms with Gasteiger partial charge in [-0.3, -0.25) is 9.78 Å². The number of hydrogen-bond donors (Lipinski definition) is 2. The summed E-state index contributed by atoms with van der Waals surface area (Å²) in [5, 5.41) is 12.2. The van der Waals surface area contributed by atoms with Gasteiger partial charge in [-0.2, -0.15) is 0 Å². The first kappa shape index (κ1) is 17.9. The molecule has 26 heavy (non-hydrogen) atoms. The van der Waals surface area contributed by atoms with Gasteiger partial charge in [0.15, 0.2) is 0 Å². The quantitative estimate of drug-likeness (QED) is 0.865. The van der Waals surface area contributed by atoms with E-state index in [1.165, 1.54) is 4.90 Å². The molecule has 1 fully saturated rings. The molecule has 0 atom stereocenters. The first-order valence-corrected chi connectivity index (χ1v) is 8.83. The number of pyridine rings is 1. The average molecular weight is 353 g/mol. The smallest absolute Gasteiger partial charge is 0.407 e. The standard InChI is InChI=1S/C20H23N3O3/c24-18(22-13-9-17-8-4-5-12-21-17)20(16-6-2-1-3-7-16)10-14-23(15-11-20)19(25)26/h1-8,12H,9-11,13-15H2,(H,22,24)(H,25,26). The molecule has 6 nitrogen and oxygen atoms in total. The number of benzene rings is 1. The Labute approximate surface area is 152 Å². The number of likely N-dealkylation sites (tertiary alicyclic amines) is 1. The van der Waals surface area contributed by atoms with Crippen molar-refractivity contribution < 1.29 is 14.7 Å². The van der Waals surface area contributed by atoms with Gasteiger partial charge in [-0.15, -0.1) is 0 Å². The maximum Gasteiger partial charge on any atom is 0.407 e. The van der Waals surface area contributed by atoms with E-state index in [1.54, 1.807) is 6.20 Å². The molecule has 1 saturated heterocycles. The summed E-state index contributed by atoms with van der Waals surface area (Å²) >= 11 is 0. The summed E-state index contributed by atoms with van der Waals surface area (Å²) in [4.78, 5) is 30.0. The first-order valence-electron chi connectivity index (χ1n) is 8.83. The number of nitrogens with one attached hydrogen (secondary N) is 1. The fourth-order valence-corrected chi connectivity index (χ4v) is 3.50. The molecule has 1 aromatic carbocycles. The molecule has 0 spiro atoms. The molecule has 0 radical (unpaired) electrons. The maximum atomic E-state index is 13.1. The van der Waals surface area contributed by atoms with E-state index >= 15 is 0 Å². The van der Waals surface area contributed by atoms with Crippen LogP contribution < -0.4 is 5.32 Å². The molecule has 1 aromatic heterocycles. The predicted molar refractivity (Wildman–Crippen MR) is 97.9 cm³/mol. The van der Waals surface area contributed by atoms with E-state index in [0.29, 0.717) is 38.9 Å². The molecular weight excluding hydrogens is 330 g/mol. The molecule has 3 rings (SSSR count). The van der Waals surface area contributed by atoms with Crippen molar-refractivity contribution >= 4 is 12.0 Å². The van der Waals surface area contributed by atoms with E-state index in [9.17, 15) is 14.7 Å².